The number of phenols is 1. The Labute approximate surface area is 280 Å². The molecule has 39 heavy (non-hydrogen) atoms. The summed E-state index contributed by atoms with van der Waals surface area (Å²) in [4.78, 5) is 47.0. The molecule has 2 aromatic carbocycles. The number of hydrogen-bond acceptors (Lipinski definition) is 6. The molecule has 0 aliphatic heterocycles. The number of rotatable bonds is 13. The van der Waals surface area contributed by atoms with Crippen molar-refractivity contribution < 1.29 is 34.1 Å². The van der Waals surface area contributed by atoms with Crippen LogP contribution in [0.5, 0.6) is 17.2 Å². The predicted molar refractivity (Wildman–Crippen MR) is 179 cm³/mol. The van der Waals surface area contributed by atoms with Crippen LogP contribution in [0.1, 0.15) is 38.7 Å². The summed E-state index contributed by atoms with van der Waals surface area (Å²) in [5, 5.41) is 27.1. The van der Waals surface area contributed by atoms with Gasteiger partial charge in [0.25, 0.3) is 0 Å². The van der Waals surface area contributed by atoms with Gasteiger partial charge in [0, 0.05) is 26.8 Å². The molecule has 0 aromatic heterocycles. The van der Waals surface area contributed by atoms with Crippen molar-refractivity contribution in [2.45, 2.75) is 51.6 Å². The molecular weight excluding hydrogens is 962 g/mol. The van der Waals surface area contributed by atoms with Crippen molar-refractivity contribution in [3.8, 4) is 17.2 Å². The smallest absolute Gasteiger partial charge is 0.326 e. The number of benzene rings is 2. The van der Waals surface area contributed by atoms with Gasteiger partial charge in [-0.15, -0.1) is 0 Å². The number of phenolic OH excluding ortho intramolecular Hbond substituents is 1. The second kappa shape index (κ2) is 16.3. The van der Waals surface area contributed by atoms with Crippen LogP contribution in [-0.4, -0.2) is 52.5 Å². The molecule has 0 bridgehead atoms. The second-order valence-corrected chi connectivity index (χ2v) is 13.2. The number of hydrogen-bond donors (Lipinski definition) is 5. The summed E-state index contributed by atoms with van der Waals surface area (Å²) in [7, 11) is 0. The summed E-state index contributed by atoms with van der Waals surface area (Å²) in [6.45, 7) is 2.91. The van der Waals surface area contributed by atoms with Gasteiger partial charge in [0.2, 0.25) is 17.7 Å². The third-order valence-corrected chi connectivity index (χ3v) is 8.54. The molecule has 0 saturated heterocycles. The highest BCUT2D eigenvalue weighted by atomic mass is 127. The Kier molecular flexibility index (Phi) is 14.2. The maximum Gasteiger partial charge on any atom is 0.326 e. The highest BCUT2D eigenvalue weighted by Crippen LogP contribution is 2.37. The van der Waals surface area contributed by atoms with Crippen molar-refractivity contribution in [2.24, 2.45) is 0 Å². The number of nitrogens with one attached hydrogen (secondary N) is 3. The molecule has 0 radical (unpaired) electrons. The molecule has 3 amide bonds. The summed E-state index contributed by atoms with van der Waals surface area (Å²) in [5.41, 5.74) is 0.833. The van der Waals surface area contributed by atoms with Gasteiger partial charge in [0.05, 0.1) is 14.3 Å². The molecule has 0 aliphatic rings. The van der Waals surface area contributed by atoms with Crippen molar-refractivity contribution in [1.82, 2.24) is 16.0 Å². The molecule has 2 rings (SSSR count). The first-order chi connectivity index (χ1) is 18.3. The van der Waals surface area contributed by atoms with Crippen molar-refractivity contribution >= 4 is 114 Å². The third-order valence-electron chi connectivity index (χ3n) is 5.30. The van der Waals surface area contributed by atoms with Crippen LogP contribution >= 0.6 is 90.4 Å². The summed E-state index contributed by atoms with van der Waals surface area (Å²) in [6.07, 6.45) is 1.50. The van der Waals surface area contributed by atoms with Gasteiger partial charge in [0.1, 0.15) is 23.6 Å². The lowest BCUT2D eigenvalue weighted by Crippen LogP contribution is -2.47. The number of carboxylic acid groups (broad SMARTS) is 1. The Morgan fingerprint density at radius 1 is 0.846 bits per heavy atom. The topological polar surface area (TPSA) is 154 Å². The van der Waals surface area contributed by atoms with E-state index in [1.165, 1.54) is 13.8 Å². The SMILES string of the molecule is CC(=O)N[C@@H](CCCCNC(=O)[C@H](Cc1cc(I)c(Oc2cc(I)c(O)c(I)c2)c(I)c1)NC(C)=O)C(=O)O. The number of unbranched alkanes of at least 4 members (excludes halogenated alkanes) is 1. The van der Waals surface area contributed by atoms with Gasteiger partial charge in [-0.1, -0.05) is 0 Å². The van der Waals surface area contributed by atoms with Gasteiger partial charge in [-0.05, 0) is 139 Å². The van der Waals surface area contributed by atoms with E-state index in [1.807, 2.05) is 57.3 Å². The zero-order valence-corrected chi connectivity index (χ0v) is 29.6. The number of aliphatic carboxylic acids is 1. The molecular formula is C25H27I4N3O7. The largest absolute Gasteiger partial charge is 0.506 e. The van der Waals surface area contributed by atoms with Gasteiger partial charge in [-0.3, -0.25) is 14.4 Å². The number of amides is 3. The zero-order valence-electron chi connectivity index (χ0n) is 20.9. The number of carbonyl (C=O) groups excluding carboxylic acids is 3. The lowest BCUT2D eigenvalue weighted by Gasteiger charge is -2.19. The van der Waals surface area contributed by atoms with E-state index in [-0.39, 0.29) is 30.4 Å². The first kappa shape index (κ1) is 34.0. The maximum atomic E-state index is 12.9. The lowest BCUT2D eigenvalue weighted by molar-refractivity contribution is -0.141. The van der Waals surface area contributed by atoms with E-state index >= 15 is 0 Å². The summed E-state index contributed by atoms with van der Waals surface area (Å²) >= 11 is 8.41. The predicted octanol–water partition coefficient (Wildman–Crippen LogP) is 4.53. The van der Waals surface area contributed by atoms with Gasteiger partial charge in [-0.2, -0.15) is 0 Å². The number of carboxylic acids is 1. The van der Waals surface area contributed by atoms with Crippen molar-refractivity contribution in [3.05, 3.63) is 44.1 Å². The molecule has 5 N–H and O–H groups in total. The van der Waals surface area contributed by atoms with Crippen LogP contribution in [0, 0.1) is 14.3 Å². The van der Waals surface area contributed by atoms with Crippen LogP contribution in [0.3, 0.4) is 0 Å². The van der Waals surface area contributed by atoms with Gasteiger partial charge in [-0.25, -0.2) is 4.79 Å². The van der Waals surface area contributed by atoms with Gasteiger partial charge in [0.15, 0.2) is 5.75 Å². The van der Waals surface area contributed by atoms with Crippen LogP contribution in [0.25, 0.3) is 0 Å². The molecule has 212 valence electrons. The maximum absolute atomic E-state index is 12.9. The quantitative estimate of drug-likeness (QED) is 0.146. The van der Waals surface area contributed by atoms with Crippen molar-refractivity contribution in [2.75, 3.05) is 6.54 Å². The Bertz CT molecular complexity index is 1200. The van der Waals surface area contributed by atoms with Gasteiger partial charge >= 0.3 is 5.97 Å². The lowest BCUT2D eigenvalue weighted by atomic mass is 10.0. The van der Waals surface area contributed by atoms with E-state index in [2.05, 4.69) is 61.1 Å². The molecule has 0 saturated carbocycles. The van der Waals surface area contributed by atoms with E-state index in [0.29, 0.717) is 38.0 Å². The summed E-state index contributed by atoms with van der Waals surface area (Å²) in [6, 6.07) is 5.51. The standard InChI is InChI=1S/C25H27I4N3O7/c1-12(33)31-20(25(37)38)5-3-4-6-30-24(36)21(32-13(2)34)9-14-7-18(28)23(19(29)8-14)39-15-10-16(26)22(35)17(27)11-15/h7-8,10-11,20-21,35H,3-6,9H2,1-2H3,(H,30,36)(H,31,33)(H,32,34)(H,37,38)/t20-,21-/m0/s1. The Morgan fingerprint density at radius 3 is 1.90 bits per heavy atom. The minimum atomic E-state index is -1.10. The van der Waals surface area contributed by atoms with Crippen LogP contribution in [-0.2, 0) is 25.6 Å². The highest BCUT2D eigenvalue weighted by Gasteiger charge is 2.22. The minimum Gasteiger partial charge on any atom is -0.506 e. The van der Waals surface area contributed by atoms with E-state index < -0.39 is 24.0 Å². The molecule has 0 unspecified atom stereocenters. The van der Waals surface area contributed by atoms with Crippen LogP contribution in [0.4, 0.5) is 0 Å². The van der Waals surface area contributed by atoms with Crippen LogP contribution in [0.2, 0.25) is 0 Å². The Balaban J connectivity index is 2.03. The van der Waals surface area contributed by atoms with Crippen molar-refractivity contribution in [3.63, 3.8) is 0 Å². The highest BCUT2D eigenvalue weighted by molar-refractivity contribution is 14.1. The molecule has 0 aliphatic carbocycles. The van der Waals surface area contributed by atoms with Crippen LogP contribution in [0.15, 0.2) is 24.3 Å². The Hall–Kier alpha value is -1.16. The normalized spacial score (nSPS) is 12.3. The zero-order chi connectivity index (χ0) is 29.3. The number of halogens is 4. The first-order valence-electron chi connectivity index (χ1n) is 11.7. The Morgan fingerprint density at radius 2 is 1.38 bits per heavy atom. The van der Waals surface area contributed by atoms with E-state index in [4.69, 9.17) is 4.74 Å². The van der Waals surface area contributed by atoms with E-state index in [0.717, 1.165) is 12.7 Å². The first-order valence-corrected chi connectivity index (χ1v) is 16.0. The molecule has 2 atom stereocenters. The van der Waals surface area contributed by atoms with Gasteiger partial charge < -0.3 is 30.9 Å². The fourth-order valence-corrected chi connectivity index (χ4v) is 7.38. The molecule has 0 fully saturated rings. The number of carbonyl (C=O) groups is 4. The number of ether oxygens (including phenoxy) is 1. The third kappa shape index (κ3) is 11.3. The van der Waals surface area contributed by atoms with E-state index in [1.54, 1.807) is 12.1 Å². The minimum absolute atomic E-state index is 0.208. The summed E-state index contributed by atoms with van der Waals surface area (Å²) < 4.78 is 9.11. The van der Waals surface area contributed by atoms with E-state index in [9.17, 15) is 29.4 Å². The second-order valence-electron chi connectivity index (χ2n) is 8.56. The fourth-order valence-electron chi connectivity index (χ4n) is 3.55. The monoisotopic (exact) mass is 989 g/mol. The summed E-state index contributed by atoms with van der Waals surface area (Å²) in [5.74, 6) is -0.754. The average molecular weight is 989 g/mol. The number of aromatic hydroxyl groups is 1. The fraction of sp³-hybridized carbons (Fsp3) is 0.360. The van der Waals surface area contributed by atoms with Crippen molar-refractivity contribution in [1.29, 1.82) is 0 Å². The van der Waals surface area contributed by atoms with Crippen LogP contribution < -0.4 is 20.7 Å². The average Bonchev–Trinajstić information content (AvgIpc) is 2.82. The molecule has 0 spiro atoms. The molecule has 2 aromatic rings. The molecule has 0 heterocycles. The molecule has 14 heteroatoms. The molecule has 10 nitrogen and oxygen atoms in total.